The molecule has 2 heterocycles. The Bertz CT molecular complexity index is 1090. The highest BCUT2D eigenvalue weighted by Crippen LogP contribution is 2.35. The molecule has 2 aliphatic heterocycles. The molecule has 3 atom stereocenters. The molecule has 0 radical (unpaired) electrons. The summed E-state index contributed by atoms with van der Waals surface area (Å²) in [5, 5.41) is 16.7. The molecule has 0 bridgehead atoms. The van der Waals surface area contributed by atoms with Crippen molar-refractivity contribution in [2.75, 3.05) is 44.1 Å². The van der Waals surface area contributed by atoms with Crippen LogP contribution in [0.25, 0.3) is 0 Å². The topological polar surface area (TPSA) is 111 Å². The number of nitrogens with zero attached hydrogens (tertiary/aromatic N) is 2. The van der Waals surface area contributed by atoms with Gasteiger partial charge >= 0.3 is 6.09 Å². The first kappa shape index (κ1) is 33.8. The molecule has 1 aromatic rings. The molecule has 3 aliphatic rings. The minimum absolute atomic E-state index is 0.0740. The molecule has 9 nitrogen and oxygen atoms in total. The van der Waals surface area contributed by atoms with E-state index in [0.717, 1.165) is 31.7 Å². The van der Waals surface area contributed by atoms with Gasteiger partial charge in [-0.3, -0.25) is 14.5 Å². The average Bonchev–Trinajstić information content (AvgIpc) is 3.47. The number of carbonyl (C=O) groups excluding carboxylic acids is 3. The van der Waals surface area contributed by atoms with Crippen LogP contribution in [0.2, 0.25) is 0 Å². The van der Waals surface area contributed by atoms with Gasteiger partial charge in [0.2, 0.25) is 5.91 Å². The lowest BCUT2D eigenvalue weighted by atomic mass is 9.89. The number of hydrogen-bond acceptors (Lipinski definition) is 8. The molecule has 240 valence electrons. The predicted molar refractivity (Wildman–Crippen MR) is 175 cm³/mol. The van der Waals surface area contributed by atoms with Crippen molar-refractivity contribution in [2.45, 2.75) is 88.7 Å². The molecule has 2 saturated heterocycles. The number of nitrogens with one attached hydrogen (secondary N) is 2. The van der Waals surface area contributed by atoms with Crippen LogP contribution in [-0.4, -0.2) is 99.8 Å². The Labute approximate surface area is 265 Å². The number of hydrogen-bond donors (Lipinski definition) is 3. The quantitative estimate of drug-likeness (QED) is 0.332. The van der Waals surface area contributed by atoms with Crippen molar-refractivity contribution in [3.8, 4) is 5.75 Å². The number of phenols is 1. The second kappa shape index (κ2) is 15.8. The summed E-state index contributed by atoms with van der Waals surface area (Å²) in [6, 6.07) is 5.52. The normalized spacial score (nSPS) is 22.1. The molecule has 4 rings (SSSR count). The number of carbonyl (C=O) groups is 3. The number of likely N-dealkylation sites (tertiary alicyclic amines) is 1. The summed E-state index contributed by atoms with van der Waals surface area (Å²) in [6.45, 7) is 7.70. The highest BCUT2D eigenvalue weighted by molar-refractivity contribution is 8.00. The molecule has 11 heteroatoms. The summed E-state index contributed by atoms with van der Waals surface area (Å²) in [7, 11) is 2.15. The Morgan fingerprint density at radius 3 is 2.47 bits per heavy atom. The maximum atomic E-state index is 13.9. The molecule has 0 aromatic heterocycles. The fraction of sp³-hybridized carbons (Fsp3) is 0.719. The van der Waals surface area contributed by atoms with Crippen LogP contribution in [0.1, 0.15) is 76.1 Å². The zero-order chi connectivity index (χ0) is 31.0. The molecular formula is C32H50N4O5S2. The van der Waals surface area contributed by atoms with E-state index in [1.807, 2.05) is 32.5 Å². The SMILES string of the molecule is CN1CCC(C(SCC2CCCCC2)C(CNC(=O)c2ccccc2O)NC(=O)[C@@H]2CSCN2C(=O)OC(C)(C)C)CC1. The minimum Gasteiger partial charge on any atom is -0.507 e. The number of aromatic hydroxyl groups is 1. The van der Waals surface area contributed by atoms with Crippen LogP contribution in [0.15, 0.2) is 24.3 Å². The third-order valence-electron chi connectivity index (χ3n) is 8.65. The second-order valence-corrected chi connectivity index (χ2v) is 15.5. The third kappa shape index (κ3) is 9.94. The monoisotopic (exact) mass is 634 g/mol. The fourth-order valence-electron chi connectivity index (χ4n) is 6.19. The van der Waals surface area contributed by atoms with Crippen LogP contribution in [0.3, 0.4) is 0 Å². The number of thioether (sulfide) groups is 2. The summed E-state index contributed by atoms with van der Waals surface area (Å²) >= 11 is 3.49. The van der Waals surface area contributed by atoms with Crippen molar-refractivity contribution in [3.05, 3.63) is 29.8 Å². The second-order valence-electron chi connectivity index (χ2n) is 13.3. The van der Waals surface area contributed by atoms with Crippen LogP contribution in [0.4, 0.5) is 4.79 Å². The summed E-state index contributed by atoms with van der Waals surface area (Å²) in [5.41, 5.74) is -0.447. The first-order valence-electron chi connectivity index (χ1n) is 15.8. The van der Waals surface area contributed by atoms with Gasteiger partial charge in [0.05, 0.1) is 17.5 Å². The molecule has 0 spiro atoms. The Hall–Kier alpha value is -2.11. The summed E-state index contributed by atoms with van der Waals surface area (Å²) in [4.78, 5) is 43.9. The first-order chi connectivity index (χ1) is 20.5. The number of benzene rings is 1. The van der Waals surface area contributed by atoms with Crippen molar-refractivity contribution >= 4 is 41.4 Å². The maximum absolute atomic E-state index is 13.9. The van der Waals surface area contributed by atoms with Gasteiger partial charge in [0.25, 0.3) is 5.91 Å². The van der Waals surface area contributed by atoms with Gasteiger partial charge in [-0.25, -0.2) is 4.79 Å². The molecule has 1 aliphatic carbocycles. The summed E-state index contributed by atoms with van der Waals surface area (Å²) in [5.74, 6) is 2.34. The van der Waals surface area contributed by atoms with Crippen LogP contribution >= 0.6 is 23.5 Å². The van der Waals surface area contributed by atoms with E-state index in [1.165, 1.54) is 54.8 Å². The van der Waals surface area contributed by atoms with Gasteiger partial charge in [-0.1, -0.05) is 31.4 Å². The van der Waals surface area contributed by atoms with Crippen molar-refractivity contribution in [1.82, 2.24) is 20.4 Å². The Morgan fingerprint density at radius 2 is 1.79 bits per heavy atom. The van der Waals surface area contributed by atoms with E-state index >= 15 is 0 Å². The van der Waals surface area contributed by atoms with E-state index in [0.29, 0.717) is 23.5 Å². The summed E-state index contributed by atoms with van der Waals surface area (Å²) < 4.78 is 5.61. The van der Waals surface area contributed by atoms with E-state index in [9.17, 15) is 19.5 Å². The Balaban J connectivity index is 1.54. The average molecular weight is 635 g/mol. The number of ether oxygens (including phenoxy) is 1. The van der Waals surface area contributed by atoms with Gasteiger partial charge in [-0.15, -0.1) is 11.8 Å². The van der Waals surface area contributed by atoms with Gasteiger partial charge in [-0.2, -0.15) is 11.8 Å². The zero-order valence-corrected chi connectivity index (χ0v) is 27.8. The van der Waals surface area contributed by atoms with Gasteiger partial charge < -0.3 is 25.4 Å². The lowest BCUT2D eigenvalue weighted by Gasteiger charge is -2.39. The maximum Gasteiger partial charge on any atom is 0.411 e. The van der Waals surface area contributed by atoms with Crippen molar-refractivity contribution in [3.63, 3.8) is 0 Å². The molecule has 2 unspecified atom stereocenters. The lowest BCUT2D eigenvalue weighted by molar-refractivity contribution is -0.125. The molecular weight excluding hydrogens is 585 g/mol. The highest BCUT2D eigenvalue weighted by Gasteiger charge is 2.40. The van der Waals surface area contributed by atoms with Crippen LogP contribution < -0.4 is 10.6 Å². The van der Waals surface area contributed by atoms with Gasteiger partial charge in [0, 0.05) is 17.5 Å². The van der Waals surface area contributed by atoms with Gasteiger partial charge in [-0.05, 0) is 96.3 Å². The molecule has 43 heavy (non-hydrogen) atoms. The largest absolute Gasteiger partial charge is 0.507 e. The number of phenolic OH excluding ortho intramolecular Hbond substituents is 1. The minimum atomic E-state index is -0.657. The third-order valence-corrected chi connectivity index (χ3v) is 11.4. The molecule has 1 aromatic carbocycles. The number of rotatable bonds is 10. The predicted octanol–water partition coefficient (Wildman–Crippen LogP) is 4.94. The Morgan fingerprint density at radius 1 is 1.09 bits per heavy atom. The van der Waals surface area contributed by atoms with Gasteiger partial charge in [0.15, 0.2) is 0 Å². The lowest BCUT2D eigenvalue weighted by Crippen LogP contribution is -2.57. The van der Waals surface area contributed by atoms with Crippen molar-refractivity contribution in [2.24, 2.45) is 11.8 Å². The van der Waals surface area contributed by atoms with E-state index in [-0.39, 0.29) is 41.0 Å². The van der Waals surface area contributed by atoms with Gasteiger partial charge in [0.1, 0.15) is 17.4 Å². The fourth-order valence-corrected chi connectivity index (χ4v) is 9.10. The number of para-hydroxylation sites is 1. The number of piperidine rings is 1. The van der Waals surface area contributed by atoms with Crippen LogP contribution in [-0.2, 0) is 9.53 Å². The van der Waals surface area contributed by atoms with Crippen molar-refractivity contribution < 1.29 is 24.2 Å². The molecule has 3 fully saturated rings. The van der Waals surface area contributed by atoms with Crippen molar-refractivity contribution in [1.29, 1.82) is 0 Å². The standard InChI is InChI=1S/C32H50N4O5S2/c1-32(2,3)41-31(40)36-21-42-20-26(36)30(39)34-25(18-33-29(38)24-12-8-9-13-27(24)37)28(23-14-16-35(4)17-15-23)43-19-22-10-6-5-7-11-22/h8-9,12-13,22-23,25-26,28,37H,5-7,10-11,14-21H2,1-4H3,(H,33,38)(H,34,39)/t25?,26-,28?/m0/s1. The Kier molecular flexibility index (Phi) is 12.4. The highest BCUT2D eigenvalue weighted by atomic mass is 32.2. The number of amides is 3. The molecule has 3 N–H and O–H groups in total. The molecule has 1 saturated carbocycles. The zero-order valence-electron chi connectivity index (χ0n) is 26.2. The summed E-state index contributed by atoms with van der Waals surface area (Å²) in [6.07, 6.45) is 7.94. The molecule has 3 amide bonds. The first-order valence-corrected chi connectivity index (χ1v) is 18.0. The van der Waals surface area contributed by atoms with Crippen LogP contribution in [0.5, 0.6) is 5.75 Å². The smallest absolute Gasteiger partial charge is 0.411 e. The van der Waals surface area contributed by atoms with E-state index in [4.69, 9.17) is 4.74 Å². The van der Waals surface area contributed by atoms with E-state index < -0.39 is 17.7 Å². The van der Waals surface area contributed by atoms with E-state index in [2.05, 4.69) is 22.6 Å². The van der Waals surface area contributed by atoms with Crippen LogP contribution in [0, 0.1) is 11.8 Å². The van der Waals surface area contributed by atoms with E-state index in [1.54, 1.807) is 18.2 Å².